The van der Waals surface area contributed by atoms with E-state index in [4.69, 9.17) is 14.5 Å². The second-order valence-corrected chi connectivity index (χ2v) is 7.80. The van der Waals surface area contributed by atoms with Gasteiger partial charge in [-0.3, -0.25) is 14.7 Å². The molecule has 0 atom stereocenters. The molecule has 4 rings (SSSR count). The average molecular weight is 420 g/mol. The molecule has 0 saturated heterocycles. The molecule has 0 bridgehead atoms. The van der Waals surface area contributed by atoms with Gasteiger partial charge in [-0.1, -0.05) is 35.1 Å². The maximum Gasteiger partial charge on any atom is 0.260 e. The van der Waals surface area contributed by atoms with E-state index in [9.17, 15) is 4.79 Å². The van der Waals surface area contributed by atoms with E-state index in [-0.39, 0.29) is 5.91 Å². The van der Waals surface area contributed by atoms with Crippen LogP contribution in [-0.4, -0.2) is 30.1 Å². The van der Waals surface area contributed by atoms with Gasteiger partial charge < -0.3 is 9.47 Å². The highest BCUT2D eigenvalue weighted by molar-refractivity contribution is 7.22. The first-order chi connectivity index (χ1) is 14.6. The normalized spacial score (nSPS) is 10.8. The molecule has 0 aliphatic heterocycles. The Kier molecular flexibility index (Phi) is 5.63. The Morgan fingerprint density at radius 1 is 1.07 bits per heavy atom. The van der Waals surface area contributed by atoms with Gasteiger partial charge in [0, 0.05) is 30.1 Å². The van der Waals surface area contributed by atoms with Gasteiger partial charge in [-0.25, -0.2) is 4.98 Å². The molecule has 30 heavy (non-hydrogen) atoms. The van der Waals surface area contributed by atoms with Crippen molar-refractivity contribution in [2.75, 3.05) is 19.1 Å². The molecule has 0 spiro atoms. The van der Waals surface area contributed by atoms with Gasteiger partial charge in [0.2, 0.25) is 0 Å². The molecule has 6 nitrogen and oxygen atoms in total. The summed E-state index contributed by atoms with van der Waals surface area (Å²) in [6.45, 7) is 2.34. The van der Waals surface area contributed by atoms with Gasteiger partial charge in [-0.15, -0.1) is 0 Å². The molecule has 0 unspecified atom stereocenters. The first-order valence-corrected chi connectivity index (χ1v) is 10.2. The quantitative estimate of drug-likeness (QED) is 0.446. The van der Waals surface area contributed by atoms with Crippen LogP contribution < -0.4 is 14.4 Å². The molecule has 2 aromatic heterocycles. The fraction of sp³-hybridized carbons (Fsp3) is 0.174. The Labute approximate surface area is 178 Å². The Morgan fingerprint density at radius 3 is 2.57 bits per heavy atom. The van der Waals surface area contributed by atoms with Gasteiger partial charge >= 0.3 is 0 Å². The highest BCUT2D eigenvalue weighted by Crippen LogP contribution is 2.38. The van der Waals surface area contributed by atoms with Crippen molar-refractivity contribution in [2.45, 2.75) is 13.5 Å². The van der Waals surface area contributed by atoms with Gasteiger partial charge in [0.15, 0.2) is 16.6 Å². The number of aryl methyl sites for hydroxylation is 1. The highest BCUT2D eigenvalue weighted by atomic mass is 32.1. The number of rotatable bonds is 6. The van der Waals surface area contributed by atoms with Gasteiger partial charge in [0.05, 0.1) is 31.0 Å². The van der Waals surface area contributed by atoms with Crippen molar-refractivity contribution in [3.05, 3.63) is 77.6 Å². The zero-order chi connectivity index (χ0) is 21.1. The molecule has 0 aliphatic rings. The number of aromatic nitrogens is 2. The van der Waals surface area contributed by atoms with Gasteiger partial charge in [-0.2, -0.15) is 0 Å². The molecule has 1 amide bonds. The maximum atomic E-state index is 13.4. The molecule has 0 N–H and O–H groups in total. The van der Waals surface area contributed by atoms with Crippen LogP contribution in [-0.2, 0) is 6.54 Å². The van der Waals surface area contributed by atoms with E-state index in [0.29, 0.717) is 28.7 Å². The lowest BCUT2D eigenvalue weighted by atomic mass is 10.1. The topological polar surface area (TPSA) is 64.5 Å². The molecule has 0 fully saturated rings. The standard InChI is InChI=1S/C23H21N3O3S/c1-15-6-4-8-17(10-15)22(27)26(14-16-7-5-9-24-13-16)23-25-18-11-19(28-2)20(29-3)12-21(18)30-23/h4-13H,14H2,1-3H3. The molecular weight excluding hydrogens is 398 g/mol. The van der Waals surface area contributed by atoms with Crippen LogP contribution in [0.4, 0.5) is 5.13 Å². The SMILES string of the molecule is COc1cc2nc(N(Cc3cccnc3)C(=O)c3cccc(C)c3)sc2cc1OC. The summed E-state index contributed by atoms with van der Waals surface area (Å²) < 4.78 is 11.7. The first-order valence-electron chi connectivity index (χ1n) is 9.39. The van der Waals surface area contributed by atoms with Crippen LogP contribution in [0.5, 0.6) is 11.5 Å². The molecule has 0 aliphatic carbocycles. The summed E-state index contributed by atoms with van der Waals surface area (Å²) in [5.41, 5.74) is 3.32. The number of thiazole rings is 1. The molecule has 152 valence electrons. The lowest BCUT2D eigenvalue weighted by Crippen LogP contribution is -2.30. The number of carbonyl (C=O) groups excluding carboxylic acids is 1. The monoisotopic (exact) mass is 419 g/mol. The van der Waals surface area contributed by atoms with Crippen molar-refractivity contribution >= 4 is 32.6 Å². The van der Waals surface area contributed by atoms with Crippen molar-refractivity contribution in [2.24, 2.45) is 0 Å². The minimum atomic E-state index is -0.111. The van der Waals surface area contributed by atoms with E-state index in [0.717, 1.165) is 21.3 Å². The fourth-order valence-electron chi connectivity index (χ4n) is 3.19. The number of ether oxygens (including phenoxy) is 2. The summed E-state index contributed by atoms with van der Waals surface area (Å²) in [6.07, 6.45) is 3.47. The van der Waals surface area contributed by atoms with Crippen LogP contribution in [0.25, 0.3) is 10.2 Å². The van der Waals surface area contributed by atoms with Crippen molar-refractivity contribution < 1.29 is 14.3 Å². The van der Waals surface area contributed by atoms with Crippen LogP contribution in [0.2, 0.25) is 0 Å². The highest BCUT2D eigenvalue weighted by Gasteiger charge is 2.23. The van der Waals surface area contributed by atoms with Gasteiger partial charge in [0.1, 0.15) is 0 Å². The molecule has 0 radical (unpaired) electrons. The number of pyridine rings is 1. The molecular formula is C23H21N3O3S. The van der Waals surface area contributed by atoms with E-state index in [1.165, 1.54) is 11.3 Å². The average Bonchev–Trinajstić information content (AvgIpc) is 3.19. The zero-order valence-corrected chi connectivity index (χ0v) is 17.8. The van der Waals surface area contributed by atoms with Crippen LogP contribution in [0.15, 0.2) is 60.9 Å². The van der Waals surface area contributed by atoms with E-state index < -0.39 is 0 Å². The van der Waals surface area contributed by atoms with E-state index in [1.807, 2.05) is 55.5 Å². The van der Waals surface area contributed by atoms with E-state index in [1.54, 1.807) is 31.5 Å². The second kappa shape index (κ2) is 8.51. The summed E-state index contributed by atoms with van der Waals surface area (Å²) in [7, 11) is 3.19. The number of fused-ring (bicyclic) bond motifs is 1. The van der Waals surface area contributed by atoms with Gasteiger partial charge in [-0.05, 0) is 30.7 Å². The Balaban J connectivity index is 1.79. The predicted octanol–water partition coefficient (Wildman–Crippen LogP) is 4.86. The Bertz CT molecular complexity index is 1150. The van der Waals surface area contributed by atoms with E-state index in [2.05, 4.69) is 4.98 Å². The molecule has 2 heterocycles. The molecule has 2 aromatic carbocycles. The summed E-state index contributed by atoms with van der Waals surface area (Å²) in [5, 5.41) is 0.607. The van der Waals surface area contributed by atoms with Crippen molar-refractivity contribution in [1.29, 1.82) is 0 Å². The number of carbonyl (C=O) groups is 1. The van der Waals surface area contributed by atoms with Crippen molar-refractivity contribution in [3.63, 3.8) is 0 Å². The van der Waals surface area contributed by atoms with Crippen molar-refractivity contribution in [1.82, 2.24) is 9.97 Å². The fourth-order valence-corrected chi connectivity index (χ4v) is 4.17. The molecule has 4 aromatic rings. The zero-order valence-electron chi connectivity index (χ0n) is 17.0. The summed E-state index contributed by atoms with van der Waals surface area (Å²) in [5.74, 6) is 1.12. The third-order valence-electron chi connectivity index (χ3n) is 4.69. The lowest BCUT2D eigenvalue weighted by molar-refractivity contribution is 0.0985. The predicted molar refractivity (Wildman–Crippen MR) is 119 cm³/mol. The minimum Gasteiger partial charge on any atom is -0.493 e. The minimum absolute atomic E-state index is 0.111. The molecule has 0 saturated carbocycles. The van der Waals surface area contributed by atoms with Crippen LogP contribution >= 0.6 is 11.3 Å². The number of benzene rings is 2. The number of nitrogens with zero attached hydrogens (tertiary/aromatic N) is 3. The van der Waals surface area contributed by atoms with Crippen LogP contribution in [0.3, 0.4) is 0 Å². The lowest BCUT2D eigenvalue weighted by Gasteiger charge is -2.20. The second-order valence-electron chi connectivity index (χ2n) is 6.79. The number of hydrogen-bond acceptors (Lipinski definition) is 6. The van der Waals surface area contributed by atoms with Gasteiger partial charge in [0.25, 0.3) is 5.91 Å². The van der Waals surface area contributed by atoms with Crippen LogP contribution in [0.1, 0.15) is 21.5 Å². The number of amides is 1. The molecule has 7 heteroatoms. The number of hydrogen-bond donors (Lipinski definition) is 0. The Hall–Kier alpha value is -3.45. The maximum absolute atomic E-state index is 13.4. The summed E-state index contributed by atoms with van der Waals surface area (Å²) in [6, 6.07) is 15.1. The number of methoxy groups -OCH3 is 2. The summed E-state index contributed by atoms with van der Waals surface area (Å²) >= 11 is 1.44. The largest absolute Gasteiger partial charge is 0.493 e. The van der Waals surface area contributed by atoms with Crippen LogP contribution in [0, 0.1) is 6.92 Å². The first kappa shape index (κ1) is 19.8. The van der Waals surface area contributed by atoms with Crippen molar-refractivity contribution in [3.8, 4) is 11.5 Å². The van der Waals surface area contributed by atoms with E-state index >= 15 is 0 Å². The smallest absolute Gasteiger partial charge is 0.260 e. The third kappa shape index (κ3) is 3.97. The Morgan fingerprint density at radius 2 is 1.87 bits per heavy atom. The third-order valence-corrected chi connectivity index (χ3v) is 5.73. The number of anilines is 1. The summed E-state index contributed by atoms with van der Waals surface area (Å²) in [4.78, 5) is 24.0.